The Labute approximate surface area is 120 Å². The van der Waals surface area contributed by atoms with Crippen LogP contribution in [0.3, 0.4) is 0 Å². The van der Waals surface area contributed by atoms with Gasteiger partial charge >= 0.3 is 0 Å². The van der Waals surface area contributed by atoms with Crippen LogP contribution in [0.4, 0.5) is 0 Å². The van der Waals surface area contributed by atoms with E-state index in [1.54, 1.807) is 0 Å². The smallest absolute Gasteiger partial charge is 0.0946 e. The van der Waals surface area contributed by atoms with Crippen LogP contribution in [0, 0.1) is 0 Å². The second-order valence-electron chi connectivity index (χ2n) is 6.16. The number of hydrogen-bond acceptors (Lipinski definition) is 4. The number of ether oxygens (including phenoxy) is 2. The minimum Gasteiger partial charge on any atom is -0.381 e. The number of nitrogens with zero attached hydrogens (tertiary/aromatic N) is 2. The Morgan fingerprint density at radius 1 is 1.40 bits per heavy atom. The van der Waals surface area contributed by atoms with E-state index in [9.17, 15) is 0 Å². The lowest BCUT2D eigenvalue weighted by Gasteiger charge is -2.44. The van der Waals surface area contributed by atoms with Crippen molar-refractivity contribution in [3.05, 3.63) is 18.7 Å². The Hall–Kier alpha value is -0.910. The van der Waals surface area contributed by atoms with E-state index >= 15 is 0 Å². The molecule has 1 N–H and O–H groups in total. The predicted molar refractivity (Wildman–Crippen MR) is 76.6 cm³/mol. The Balaban J connectivity index is 1.51. The molecule has 0 radical (unpaired) electrons. The van der Waals surface area contributed by atoms with Gasteiger partial charge in [0.05, 0.1) is 11.9 Å². The maximum atomic E-state index is 6.09. The highest BCUT2D eigenvalue weighted by Gasteiger charge is 2.39. The molecular formula is C15H25N3O2. The van der Waals surface area contributed by atoms with Gasteiger partial charge in [0, 0.05) is 50.8 Å². The van der Waals surface area contributed by atoms with Crippen molar-refractivity contribution in [3.8, 4) is 0 Å². The van der Waals surface area contributed by atoms with Crippen LogP contribution in [0.1, 0.15) is 32.6 Å². The standard InChI is InChI=1S/C15H25N3O2/c1-13(11-18-6-5-16-12-18)17-14-2-7-20-15(10-14)3-8-19-9-4-15/h5-6,12-14,17H,2-4,7-11H2,1H3. The molecule has 5 heteroatoms. The van der Waals surface area contributed by atoms with Gasteiger partial charge in [0.25, 0.3) is 0 Å². The monoisotopic (exact) mass is 279 g/mol. The van der Waals surface area contributed by atoms with Gasteiger partial charge in [-0.05, 0) is 32.6 Å². The van der Waals surface area contributed by atoms with Crippen LogP contribution in [0.5, 0.6) is 0 Å². The summed E-state index contributed by atoms with van der Waals surface area (Å²) >= 11 is 0. The van der Waals surface area contributed by atoms with Crippen LogP contribution in [-0.4, -0.2) is 47.1 Å². The highest BCUT2D eigenvalue weighted by atomic mass is 16.5. The van der Waals surface area contributed by atoms with Crippen molar-refractivity contribution >= 4 is 0 Å². The Morgan fingerprint density at radius 3 is 3.00 bits per heavy atom. The van der Waals surface area contributed by atoms with Crippen molar-refractivity contribution in [2.24, 2.45) is 0 Å². The molecule has 5 nitrogen and oxygen atoms in total. The lowest BCUT2D eigenvalue weighted by Crippen LogP contribution is -2.51. The quantitative estimate of drug-likeness (QED) is 0.909. The van der Waals surface area contributed by atoms with E-state index in [-0.39, 0.29) is 5.60 Å². The summed E-state index contributed by atoms with van der Waals surface area (Å²) in [4.78, 5) is 4.09. The predicted octanol–water partition coefficient (Wildman–Crippen LogP) is 1.59. The van der Waals surface area contributed by atoms with Crippen molar-refractivity contribution < 1.29 is 9.47 Å². The highest BCUT2D eigenvalue weighted by Crippen LogP contribution is 2.34. The van der Waals surface area contributed by atoms with Crippen LogP contribution in [0.15, 0.2) is 18.7 Å². The van der Waals surface area contributed by atoms with E-state index in [0.29, 0.717) is 12.1 Å². The number of hydrogen-bond donors (Lipinski definition) is 1. The normalized spacial score (nSPS) is 27.6. The summed E-state index contributed by atoms with van der Waals surface area (Å²) in [5.41, 5.74) is 0.0723. The molecule has 3 heterocycles. The van der Waals surface area contributed by atoms with Gasteiger partial charge in [-0.2, -0.15) is 0 Å². The fourth-order valence-electron chi connectivity index (χ4n) is 3.43. The lowest BCUT2D eigenvalue weighted by molar-refractivity contribution is -0.140. The zero-order chi connectivity index (χ0) is 13.8. The summed E-state index contributed by atoms with van der Waals surface area (Å²) < 4.78 is 13.7. The van der Waals surface area contributed by atoms with Gasteiger partial charge in [-0.25, -0.2) is 4.98 Å². The Kier molecular flexibility index (Phi) is 4.38. The highest BCUT2D eigenvalue weighted by molar-refractivity contribution is 4.92. The number of aromatic nitrogens is 2. The molecule has 0 saturated carbocycles. The van der Waals surface area contributed by atoms with Crippen LogP contribution in [0.25, 0.3) is 0 Å². The van der Waals surface area contributed by atoms with Gasteiger partial charge in [0.1, 0.15) is 0 Å². The molecule has 1 spiro atoms. The lowest BCUT2D eigenvalue weighted by atomic mass is 9.84. The van der Waals surface area contributed by atoms with E-state index in [4.69, 9.17) is 9.47 Å². The first-order valence-corrected chi connectivity index (χ1v) is 7.69. The summed E-state index contributed by atoms with van der Waals surface area (Å²) in [5, 5.41) is 3.76. The Morgan fingerprint density at radius 2 is 2.25 bits per heavy atom. The first kappa shape index (κ1) is 14.0. The van der Waals surface area contributed by atoms with E-state index in [0.717, 1.165) is 52.0 Å². The zero-order valence-corrected chi connectivity index (χ0v) is 12.3. The molecule has 2 unspecified atom stereocenters. The van der Waals surface area contributed by atoms with Crippen molar-refractivity contribution in [1.29, 1.82) is 0 Å². The van der Waals surface area contributed by atoms with E-state index in [1.165, 1.54) is 0 Å². The van der Waals surface area contributed by atoms with E-state index < -0.39 is 0 Å². The zero-order valence-electron chi connectivity index (χ0n) is 12.3. The third-order valence-electron chi connectivity index (χ3n) is 4.46. The number of rotatable bonds is 4. The van der Waals surface area contributed by atoms with Gasteiger partial charge in [-0.1, -0.05) is 0 Å². The summed E-state index contributed by atoms with van der Waals surface area (Å²) in [6.45, 7) is 5.77. The van der Waals surface area contributed by atoms with Crippen molar-refractivity contribution in [3.63, 3.8) is 0 Å². The molecule has 0 aromatic carbocycles. The first-order valence-electron chi connectivity index (χ1n) is 7.69. The van der Waals surface area contributed by atoms with Crippen LogP contribution < -0.4 is 5.32 Å². The minimum absolute atomic E-state index is 0.0723. The molecule has 0 amide bonds. The third-order valence-corrected chi connectivity index (χ3v) is 4.46. The molecule has 1 aromatic heterocycles. The summed E-state index contributed by atoms with van der Waals surface area (Å²) in [7, 11) is 0. The van der Waals surface area contributed by atoms with Crippen LogP contribution in [-0.2, 0) is 16.0 Å². The second kappa shape index (κ2) is 6.24. The van der Waals surface area contributed by atoms with Gasteiger partial charge in [0.15, 0.2) is 0 Å². The fourth-order valence-corrected chi connectivity index (χ4v) is 3.43. The maximum Gasteiger partial charge on any atom is 0.0946 e. The number of nitrogens with one attached hydrogen (secondary N) is 1. The third kappa shape index (κ3) is 3.40. The first-order chi connectivity index (χ1) is 9.76. The average Bonchev–Trinajstić information content (AvgIpc) is 2.92. The summed E-state index contributed by atoms with van der Waals surface area (Å²) in [6, 6.07) is 1.00. The molecular weight excluding hydrogens is 254 g/mol. The topological polar surface area (TPSA) is 48.3 Å². The van der Waals surface area contributed by atoms with Crippen LogP contribution >= 0.6 is 0 Å². The molecule has 3 rings (SSSR count). The molecule has 2 aliphatic heterocycles. The largest absolute Gasteiger partial charge is 0.381 e. The molecule has 1 aromatic rings. The molecule has 0 bridgehead atoms. The molecule has 2 atom stereocenters. The average molecular weight is 279 g/mol. The molecule has 2 saturated heterocycles. The van der Waals surface area contributed by atoms with Crippen molar-refractivity contribution in [1.82, 2.24) is 14.9 Å². The summed E-state index contributed by atoms with van der Waals surface area (Å²) in [6.07, 6.45) is 10.0. The van der Waals surface area contributed by atoms with E-state index in [1.807, 2.05) is 18.7 Å². The van der Waals surface area contributed by atoms with Crippen molar-refractivity contribution in [2.75, 3.05) is 19.8 Å². The molecule has 2 aliphatic rings. The Bertz CT molecular complexity index is 396. The van der Waals surface area contributed by atoms with Gasteiger partial charge in [-0.15, -0.1) is 0 Å². The molecule has 20 heavy (non-hydrogen) atoms. The second-order valence-corrected chi connectivity index (χ2v) is 6.16. The van der Waals surface area contributed by atoms with Gasteiger partial charge < -0.3 is 19.4 Å². The molecule has 0 aliphatic carbocycles. The number of imidazole rings is 1. The maximum absolute atomic E-state index is 6.09. The molecule has 112 valence electrons. The molecule has 2 fully saturated rings. The van der Waals surface area contributed by atoms with Crippen molar-refractivity contribution in [2.45, 2.75) is 56.8 Å². The van der Waals surface area contributed by atoms with E-state index in [2.05, 4.69) is 21.8 Å². The van der Waals surface area contributed by atoms with Gasteiger partial charge in [-0.3, -0.25) is 0 Å². The van der Waals surface area contributed by atoms with Crippen LogP contribution in [0.2, 0.25) is 0 Å². The fraction of sp³-hybridized carbons (Fsp3) is 0.800. The SMILES string of the molecule is CC(Cn1ccnc1)NC1CCOC2(CCOCC2)C1. The van der Waals surface area contributed by atoms with Gasteiger partial charge in [0.2, 0.25) is 0 Å². The summed E-state index contributed by atoms with van der Waals surface area (Å²) in [5.74, 6) is 0. The minimum atomic E-state index is 0.0723.